The summed E-state index contributed by atoms with van der Waals surface area (Å²) < 4.78 is 16.1. The maximum Gasteiger partial charge on any atom is 0.0897 e. The van der Waals surface area contributed by atoms with Crippen molar-refractivity contribution < 1.29 is 14.1 Å². The van der Waals surface area contributed by atoms with Crippen LogP contribution in [0.25, 0.3) is 0 Å². The normalized spacial score (nSPS) is 14.9. The van der Waals surface area contributed by atoms with Gasteiger partial charge in [-0.1, -0.05) is 13.3 Å². The fraction of sp³-hybridized carbons (Fsp3) is 1.00. The molecule has 0 aliphatic rings. The minimum absolute atomic E-state index is 0.396. The Kier molecular flexibility index (Phi) is 11.5. The van der Waals surface area contributed by atoms with Crippen molar-refractivity contribution in [1.82, 2.24) is 5.32 Å². The number of aliphatic hydroxyl groups excluding tert-OH is 1. The van der Waals surface area contributed by atoms with Gasteiger partial charge in [0.1, 0.15) is 0 Å². The predicted molar refractivity (Wildman–Crippen MR) is 68.2 cm³/mol. The van der Waals surface area contributed by atoms with Gasteiger partial charge in [0.2, 0.25) is 0 Å². The molecule has 4 nitrogen and oxygen atoms in total. The van der Waals surface area contributed by atoms with Gasteiger partial charge in [0.25, 0.3) is 0 Å². The van der Waals surface area contributed by atoms with Crippen molar-refractivity contribution >= 4 is 10.8 Å². The van der Waals surface area contributed by atoms with Crippen LogP contribution >= 0.6 is 0 Å². The third-order valence-corrected chi connectivity index (χ3v) is 2.98. The zero-order chi connectivity index (χ0) is 12.2. The molecule has 0 aromatic heterocycles. The van der Waals surface area contributed by atoms with Gasteiger partial charge in [0.15, 0.2) is 0 Å². The molecular formula is C11H25NO3S. The molecule has 2 atom stereocenters. The van der Waals surface area contributed by atoms with E-state index in [1.165, 1.54) is 0 Å². The van der Waals surface area contributed by atoms with Crippen molar-refractivity contribution in [3.05, 3.63) is 0 Å². The molecule has 5 heteroatoms. The van der Waals surface area contributed by atoms with Gasteiger partial charge in [-0.3, -0.25) is 4.21 Å². The van der Waals surface area contributed by atoms with Crippen molar-refractivity contribution in [3.63, 3.8) is 0 Å². The SMILES string of the molecule is CCCCOCC(O)CNCCCS(C)=O. The minimum atomic E-state index is -0.714. The highest BCUT2D eigenvalue weighted by Gasteiger charge is 2.03. The van der Waals surface area contributed by atoms with E-state index < -0.39 is 16.9 Å². The summed E-state index contributed by atoms with van der Waals surface area (Å²) in [6.07, 6.45) is 4.30. The summed E-state index contributed by atoms with van der Waals surface area (Å²) in [6, 6.07) is 0. The number of aliphatic hydroxyl groups is 1. The summed E-state index contributed by atoms with van der Waals surface area (Å²) in [4.78, 5) is 0. The van der Waals surface area contributed by atoms with E-state index in [2.05, 4.69) is 12.2 Å². The first-order valence-corrected chi connectivity index (χ1v) is 7.66. The lowest BCUT2D eigenvalue weighted by atomic mass is 10.3. The van der Waals surface area contributed by atoms with E-state index in [4.69, 9.17) is 4.74 Å². The van der Waals surface area contributed by atoms with Crippen molar-refractivity contribution in [3.8, 4) is 0 Å². The van der Waals surface area contributed by atoms with E-state index in [-0.39, 0.29) is 0 Å². The van der Waals surface area contributed by atoms with Gasteiger partial charge in [0, 0.05) is 36.0 Å². The Morgan fingerprint density at radius 2 is 2.19 bits per heavy atom. The van der Waals surface area contributed by atoms with E-state index in [9.17, 15) is 9.32 Å². The molecule has 0 aliphatic carbocycles. The van der Waals surface area contributed by atoms with E-state index in [1.807, 2.05) is 0 Å². The Morgan fingerprint density at radius 3 is 2.81 bits per heavy atom. The number of hydrogen-bond donors (Lipinski definition) is 2. The third kappa shape index (κ3) is 12.1. The second kappa shape index (κ2) is 11.5. The first-order valence-electron chi connectivity index (χ1n) is 5.93. The van der Waals surface area contributed by atoms with Crippen LogP contribution in [-0.2, 0) is 15.5 Å². The van der Waals surface area contributed by atoms with Crippen molar-refractivity contribution in [2.75, 3.05) is 38.3 Å². The Morgan fingerprint density at radius 1 is 1.44 bits per heavy atom. The van der Waals surface area contributed by atoms with Crippen LogP contribution in [0.1, 0.15) is 26.2 Å². The van der Waals surface area contributed by atoms with Crippen molar-refractivity contribution in [2.45, 2.75) is 32.3 Å². The third-order valence-electron chi connectivity index (χ3n) is 2.12. The molecule has 0 radical (unpaired) electrons. The number of hydrogen-bond acceptors (Lipinski definition) is 4. The van der Waals surface area contributed by atoms with Crippen LogP contribution in [0.15, 0.2) is 0 Å². The number of nitrogens with one attached hydrogen (secondary N) is 1. The van der Waals surface area contributed by atoms with Crippen LogP contribution in [0, 0.1) is 0 Å². The summed E-state index contributed by atoms with van der Waals surface area (Å²) >= 11 is 0. The summed E-state index contributed by atoms with van der Waals surface area (Å²) in [5.41, 5.74) is 0. The highest BCUT2D eigenvalue weighted by Crippen LogP contribution is 1.90. The van der Waals surface area contributed by atoms with Gasteiger partial charge < -0.3 is 15.2 Å². The molecule has 98 valence electrons. The number of rotatable bonds is 11. The lowest BCUT2D eigenvalue weighted by molar-refractivity contribution is 0.0360. The van der Waals surface area contributed by atoms with Crippen molar-refractivity contribution in [2.24, 2.45) is 0 Å². The molecule has 0 aromatic carbocycles. The first kappa shape index (κ1) is 16.0. The Hall–Kier alpha value is 0.0300. The van der Waals surface area contributed by atoms with Gasteiger partial charge in [-0.2, -0.15) is 0 Å². The zero-order valence-electron chi connectivity index (χ0n) is 10.4. The topological polar surface area (TPSA) is 58.6 Å². The fourth-order valence-electron chi connectivity index (χ4n) is 1.19. The summed E-state index contributed by atoms with van der Waals surface area (Å²) in [5.74, 6) is 0.718. The summed E-state index contributed by atoms with van der Waals surface area (Å²) in [5, 5.41) is 12.6. The monoisotopic (exact) mass is 251 g/mol. The van der Waals surface area contributed by atoms with Crippen LogP contribution in [0.5, 0.6) is 0 Å². The molecule has 0 bridgehead atoms. The lowest BCUT2D eigenvalue weighted by Gasteiger charge is -2.11. The Labute approximate surface area is 101 Å². The van der Waals surface area contributed by atoms with E-state index >= 15 is 0 Å². The largest absolute Gasteiger partial charge is 0.389 e. The van der Waals surface area contributed by atoms with Crippen LogP contribution in [0.2, 0.25) is 0 Å². The minimum Gasteiger partial charge on any atom is -0.389 e. The molecule has 0 rings (SSSR count). The van der Waals surface area contributed by atoms with E-state index in [1.54, 1.807) is 6.26 Å². The predicted octanol–water partition coefficient (Wildman–Crippen LogP) is 0.522. The van der Waals surface area contributed by atoms with Crippen LogP contribution in [0.3, 0.4) is 0 Å². The highest BCUT2D eigenvalue weighted by molar-refractivity contribution is 7.84. The second-order valence-electron chi connectivity index (χ2n) is 3.92. The molecule has 0 aromatic rings. The quantitative estimate of drug-likeness (QED) is 0.526. The standard InChI is InChI=1S/C11H25NO3S/c1-3-4-7-15-10-11(13)9-12-6-5-8-16(2)14/h11-13H,3-10H2,1-2H3. The molecule has 0 spiro atoms. The van der Waals surface area contributed by atoms with Gasteiger partial charge in [0.05, 0.1) is 12.7 Å². The molecule has 2 unspecified atom stereocenters. The molecule has 0 heterocycles. The molecule has 0 aliphatic heterocycles. The van der Waals surface area contributed by atoms with Crippen LogP contribution < -0.4 is 5.32 Å². The Bertz CT molecular complexity index is 179. The highest BCUT2D eigenvalue weighted by atomic mass is 32.2. The molecule has 0 amide bonds. The first-order chi connectivity index (χ1) is 7.66. The average Bonchev–Trinajstić information content (AvgIpc) is 2.23. The van der Waals surface area contributed by atoms with E-state index in [0.29, 0.717) is 13.2 Å². The van der Waals surface area contributed by atoms with Crippen LogP contribution in [-0.4, -0.2) is 53.7 Å². The molecular weight excluding hydrogens is 226 g/mol. The smallest absolute Gasteiger partial charge is 0.0897 e. The van der Waals surface area contributed by atoms with E-state index in [0.717, 1.165) is 38.2 Å². The molecule has 2 N–H and O–H groups in total. The van der Waals surface area contributed by atoms with Gasteiger partial charge in [-0.05, 0) is 19.4 Å². The second-order valence-corrected chi connectivity index (χ2v) is 5.47. The van der Waals surface area contributed by atoms with Gasteiger partial charge >= 0.3 is 0 Å². The van der Waals surface area contributed by atoms with Crippen molar-refractivity contribution in [1.29, 1.82) is 0 Å². The number of ether oxygens (including phenoxy) is 1. The fourth-order valence-corrected chi connectivity index (χ4v) is 1.74. The molecule has 0 saturated heterocycles. The Balaban J connectivity index is 3.17. The van der Waals surface area contributed by atoms with Gasteiger partial charge in [-0.25, -0.2) is 0 Å². The lowest BCUT2D eigenvalue weighted by Crippen LogP contribution is -2.31. The van der Waals surface area contributed by atoms with Crippen LogP contribution in [0.4, 0.5) is 0 Å². The maximum absolute atomic E-state index is 10.8. The zero-order valence-corrected chi connectivity index (χ0v) is 11.2. The van der Waals surface area contributed by atoms with Gasteiger partial charge in [-0.15, -0.1) is 0 Å². The molecule has 0 fully saturated rings. The number of unbranched alkanes of at least 4 members (excludes halogenated alkanes) is 1. The maximum atomic E-state index is 10.8. The summed E-state index contributed by atoms with van der Waals surface area (Å²) in [7, 11) is -0.714. The molecule has 0 saturated carbocycles. The average molecular weight is 251 g/mol. The summed E-state index contributed by atoms with van der Waals surface area (Å²) in [6.45, 7) is 4.57. The molecule has 16 heavy (non-hydrogen) atoms.